The maximum atomic E-state index is 14.3. The van der Waals surface area contributed by atoms with Gasteiger partial charge in [0.2, 0.25) is 5.91 Å². The molecule has 1 amide bonds. The lowest BCUT2D eigenvalue weighted by molar-refractivity contribution is -0.124. The van der Waals surface area contributed by atoms with Crippen LogP contribution in [-0.2, 0) is 10.2 Å². The number of hydrogen-bond donors (Lipinski definition) is 1. The third-order valence-corrected chi connectivity index (χ3v) is 6.21. The van der Waals surface area contributed by atoms with Gasteiger partial charge in [0.05, 0.1) is 5.02 Å². The number of nitrogens with zero attached hydrogens (tertiary/aromatic N) is 1. The molecule has 2 aromatic carbocycles. The van der Waals surface area contributed by atoms with Crippen LogP contribution in [0.3, 0.4) is 0 Å². The summed E-state index contributed by atoms with van der Waals surface area (Å²) in [5, 5.41) is 3.54. The van der Waals surface area contributed by atoms with E-state index >= 15 is 0 Å². The summed E-state index contributed by atoms with van der Waals surface area (Å²) in [5.41, 5.74) is 2.60. The van der Waals surface area contributed by atoms with Crippen molar-refractivity contribution in [2.24, 2.45) is 0 Å². The van der Waals surface area contributed by atoms with Crippen molar-refractivity contribution in [3.8, 4) is 0 Å². The van der Waals surface area contributed by atoms with Crippen molar-refractivity contribution in [3.05, 3.63) is 70.0 Å². The Kier molecular flexibility index (Phi) is 4.08. The number of fused-ring (bicyclic) bond motifs is 3. The summed E-state index contributed by atoms with van der Waals surface area (Å²) in [6.45, 7) is 6.91. The molecular weight excluding hydrogens is 363 g/mol. The van der Waals surface area contributed by atoms with Crippen LogP contribution in [0.25, 0.3) is 6.08 Å². The first-order valence-electron chi connectivity index (χ1n) is 9.09. The smallest absolute Gasteiger partial charge is 0.223 e. The number of amides is 1. The maximum Gasteiger partial charge on any atom is 0.223 e. The van der Waals surface area contributed by atoms with E-state index in [1.165, 1.54) is 17.2 Å². The monoisotopic (exact) mass is 384 g/mol. The quantitative estimate of drug-likeness (QED) is 0.805. The molecular formula is C22H22ClFN2O. The van der Waals surface area contributed by atoms with Crippen molar-refractivity contribution >= 4 is 29.3 Å². The van der Waals surface area contributed by atoms with Crippen molar-refractivity contribution in [3.63, 3.8) is 0 Å². The van der Waals surface area contributed by atoms with Crippen molar-refractivity contribution in [2.75, 3.05) is 11.4 Å². The van der Waals surface area contributed by atoms with Crippen molar-refractivity contribution in [2.45, 2.75) is 38.3 Å². The second-order valence-corrected chi connectivity index (χ2v) is 8.24. The highest BCUT2D eigenvalue weighted by Crippen LogP contribution is 2.52. The molecule has 1 fully saturated rings. The van der Waals surface area contributed by atoms with Crippen molar-refractivity contribution in [1.82, 2.24) is 5.32 Å². The fourth-order valence-corrected chi connectivity index (χ4v) is 4.57. The van der Waals surface area contributed by atoms with Crippen LogP contribution in [0.15, 0.2) is 42.5 Å². The van der Waals surface area contributed by atoms with Gasteiger partial charge in [-0.2, -0.15) is 0 Å². The zero-order valence-corrected chi connectivity index (χ0v) is 16.4. The molecule has 27 heavy (non-hydrogen) atoms. The van der Waals surface area contributed by atoms with Crippen LogP contribution in [0.1, 0.15) is 37.0 Å². The molecule has 0 aliphatic carbocycles. The molecule has 2 aliphatic rings. The molecule has 2 heterocycles. The predicted molar refractivity (Wildman–Crippen MR) is 107 cm³/mol. The number of carbonyl (C=O) groups excluding carboxylic acids is 1. The van der Waals surface area contributed by atoms with Crippen LogP contribution >= 0.6 is 11.6 Å². The topological polar surface area (TPSA) is 32.3 Å². The fraction of sp³-hybridized carbons (Fsp3) is 0.318. The third kappa shape index (κ3) is 2.58. The van der Waals surface area contributed by atoms with E-state index in [1.54, 1.807) is 18.2 Å². The lowest BCUT2D eigenvalue weighted by Crippen LogP contribution is -2.68. The van der Waals surface area contributed by atoms with Crippen molar-refractivity contribution < 1.29 is 9.18 Å². The Hall–Kier alpha value is -2.33. The summed E-state index contributed by atoms with van der Waals surface area (Å²) in [6.07, 6.45) is 4.01. The van der Waals surface area contributed by atoms with Gasteiger partial charge in [0.25, 0.3) is 0 Å². The Morgan fingerprint density at radius 1 is 1.26 bits per heavy atom. The molecule has 0 saturated carbocycles. The summed E-state index contributed by atoms with van der Waals surface area (Å²) < 4.78 is 14.3. The van der Waals surface area contributed by atoms with Gasteiger partial charge in [-0.25, -0.2) is 4.39 Å². The van der Waals surface area contributed by atoms with Crippen LogP contribution < -0.4 is 10.2 Å². The minimum absolute atomic E-state index is 0.00636. The first-order chi connectivity index (χ1) is 12.8. The van der Waals surface area contributed by atoms with E-state index in [2.05, 4.69) is 49.2 Å². The predicted octanol–water partition coefficient (Wildman–Crippen LogP) is 4.81. The molecule has 0 spiro atoms. The zero-order chi connectivity index (χ0) is 19.4. The number of nitrogens with one attached hydrogen (secondary N) is 1. The highest BCUT2D eigenvalue weighted by molar-refractivity contribution is 6.32. The van der Waals surface area contributed by atoms with Crippen LogP contribution in [0.2, 0.25) is 5.02 Å². The Morgan fingerprint density at radius 3 is 2.78 bits per heavy atom. The van der Waals surface area contributed by atoms with E-state index in [-0.39, 0.29) is 11.7 Å². The number of aryl methyl sites for hydroxylation is 1. The summed E-state index contributed by atoms with van der Waals surface area (Å²) in [6, 6.07) is 11.0. The molecule has 0 aromatic heterocycles. The van der Waals surface area contributed by atoms with Gasteiger partial charge in [0.1, 0.15) is 11.5 Å². The lowest BCUT2D eigenvalue weighted by Gasteiger charge is -2.49. The molecule has 0 bridgehead atoms. The number of carbonyl (C=O) groups is 1. The molecule has 1 unspecified atom stereocenters. The van der Waals surface area contributed by atoms with E-state index < -0.39 is 11.1 Å². The molecule has 0 radical (unpaired) electrons. The zero-order valence-electron chi connectivity index (χ0n) is 15.6. The van der Waals surface area contributed by atoms with Gasteiger partial charge >= 0.3 is 0 Å². The Balaban J connectivity index is 1.89. The highest BCUT2D eigenvalue weighted by Gasteiger charge is 2.57. The largest absolute Gasteiger partial charge is 0.344 e. The minimum atomic E-state index is -0.774. The average Bonchev–Trinajstić information content (AvgIpc) is 2.79. The third-order valence-electron chi connectivity index (χ3n) is 5.88. The van der Waals surface area contributed by atoms with Crippen molar-refractivity contribution in [1.29, 1.82) is 0 Å². The summed E-state index contributed by atoms with van der Waals surface area (Å²) in [4.78, 5) is 14.6. The van der Waals surface area contributed by atoms with Crippen LogP contribution in [0.4, 0.5) is 10.1 Å². The van der Waals surface area contributed by atoms with E-state index in [9.17, 15) is 9.18 Å². The standard InChI is InChI=1S/C22H22ClFN2O/c1-14-7-8-19-16(13-14)21(2,3)22(25-20(27)10-12-26(19)22)11-9-15-17(23)5-4-6-18(15)24/h4-9,11,13H,10,12H2,1-3H3,(H,25,27)/b11-9+. The fourth-order valence-electron chi connectivity index (χ4n) is 4.34. The molecule has 2 aromatic rings. The van der Waals surface area contributed by atoms with E-state index in [4.69, 9.17) is 11.6 Å². The number of hydrogen-bond acceptors (Lipinski definition) is 2. The molecule has 4 rings (SSSR count). The average molecular weight is 385 g/mol. The molecule has 1 saturated heterocycles. The lowest BCUT2D eigenvalue weighted by atomic mass is 9.74. The number of benzene rings is 2. The maximum absolute atomic E-state index is 14.3. The summed E-state index contributed by atoms with van der Waals surface area (Å²) >= 11 is 6.21. The van der Waals surface area contributed by atoms with Gasteiger partial charge in [-0.05, 0) is 36.8 Å². The SMILES string of the molecule is Cc1ccc2c(c1)C(C)(C)C1(/C=C/c3c(F)cccc3Cl)NC(=O)CCN21. The van der Waals surface area contributed by atoms with Gasteiger partial charge in [0.15, 0.2) is 0 Å². The first kappa shape index (κ1) is 18.1. The number of anilines is 1. The van der Waals surface area contributed by atoms with Gasteiger partial charge in [-0.15, -0.1) is 0 Å². The summed E-state index contributed by atoms with van der Waals surface area (Å²) in [5.74, 6) is -0.388. The van der Waals surface area contributed by atoms with Gasteiger partial charge < -0.3 is 10.2 Å². The Bertz CT molecular complexity index is 949. The molecule has 5 heteroatoms. The Labute approximate surface area is 163 Å². The molecule has 140 valence electrons. The highest BCUT2D eigenvalue weighted by atomic mass is 35.5. The number of halogens is 2. The Morgan fingerprint density at radius 2 is 2.04 bits per heavy atom. The van der Waals surface area contributed by atoms with Gasteiger partial charge in [0, 0.05) is 29.6 Å². The molecule has 3 nitrogen and oxygen atoms in total. The molecule has 1 N–H and O–H groups in total. The number of rotatable bonds is 2. The van der Waals surface area contributed by atoms with E-state index in [0.29, 0.717) is 23.6 Å². The van der Waals surface area contributed by atoms with E-state index in [0.717, 1.165) is 5.69 Å². The van der Waals surface area contributed by atoms with Crippen LogP contribution in [0, 0.1) is 12.7 Å². The van der Waals surface area contributed by atoms with Crippen LogP contribution in [0.5, 0.6) is 0 Å². The van der Waals surface area contributed by atoms with E-state index in [1.807, 2.05) is 6.08 Å². The minimum Gasteiger partial charge on any atom is -0.344 e. The van der Waals surface area contributed by atoms with Gasteiger partial charge in [-0.3, -0.25) is 4.79 Å². The normalized spacial score (nSPS) is 23.3. The molecule has 1 atom stereocenters. The second kappa shape index (κ2) is 6.10. The second-order valence-electron chi connectivity index (χ2n) is 7.83. The van der Waals surface area contributed by atoms with Crippen LogP contribution in [-0.4, -0.2) is 18.1 Å². The van der Waals surface area contributed by atoms with Gasteiger partial charge in [-0.1, -0.05) is 55.3 Å². The first-order valence-corrected chi connectivity index (χ1v) is 9.47. The summed E-state index contributed by atoms with van der Waals surface area (Å²) in [7, 11) is 0. The molecule has 2 aliphatic heterocycles.